The van der Waals surface area contributed by atoms with Gasteiger partial charge in [-0.05, 0) is 69.3 Å². The topological polar surface area (TPSA) is 77.8 Å². The number of para-hydroxylation sites is 1. The van der Waals surface area contributed by atoms with Crippen molar-refractivity contribution in [2.45, 2.75) is 53.4 Å². The summed E-state index contributed by atoms with van der Waals surface area (Å²) in [5, 5.41) is 4.12. The van der Waals surface area contributed by atoms with Gasteiger partial charge in [0.05, 0.1) is 24.3 Å². The fraction of sp³-hybridized carbons (Fsp3) is 0.483. The van der Waals surface area contributed by atoms with Gasteiger partial charge in [-0.1, -0.05) is 56.3 Å². The summed E-state index contributed by atoms with van der Waals surface area (Å²) in [6.45, 7) is 12.3. The second kappa shape index (κ2) is 14.2. The molecule has 0 aromatic heterocycles. The fourth-order valence-electron chi connectivity index (χ4n) is 4.95. The van der Waals surface area contributed by atoms with Crippen LogP contribution in [0.3, 0.4) is 0 Å². The van der Waals surface area contributed by atoms with E-state index in [9.17, 15) is 14.4 Å². The maximum Gasteiger partial charge on any atom is 0.310 e. The molecule has 1 unspecified atom stereocenters. The number of fused-ring (bicyclic) bond motifs is 1. The third kappa shape index (κ3) is 6.90. The van der Waals surface area contributed by atoms with Crippen LogP contribution in [0.2, 0.25) is 0 Å². The predicted octanol–water partition coefficient (Wildman–Crippen LogP) is 5.73. The van der Waals surface area contributed by atoms with Crippen molar-refractivity contribution in [3.63, 3.8) is 0 Å². The number of Topliss-reactive ketones (excluding diaryl/α,β-unsaturated/α-hetero) is 1. The molecule has 0 bridgehead atoms. The first kappa shape index (κ1) is 30.3. The first-order chi connectivity index (χ1) is 16.9. The van der Waals surface area contributed by atoms with Gasteiger partial charge in [-0.25, -0.2) is 0 Å². The molecule has 0 aliphatic carbocycles. The number of aryl methyl sites for hydroxylation is 2. The van der Waals surface area contributed by atoms with Gasteiger partial charge in [-0.3, -0.25) is 9.59 Å². The molecule has 2 aliphatic rings. The van der Waals surface area contributed by atoms with Gasteiger partial charge in [0.1, 0.15) is 0 Å². The first-order valence-electron chi connectivity index (χ1n) is 12.7. The van der Waals surface area contributed by atoms with E-state index in [-0.39, 0.29) is 62.2 Å². The van der Waals surface area contributed by atoms with Crippen molar-refractivity contribution >= 4 is 23.3 Å². The number of benzene rings is 2. The summed E-state index contributed by atoms with van der Waals surface area (Å²) in [7, 11) is 0. The van der Waals surface area contributed by atoms with Crippen LogP contribution in [0.25, 0.3) is 5.32 Å². The summed E-state index contributed by atoms with van der Waals surface area (Å²) in [5.41, 5.74) is 4.60. The van der Waals surface area contributed by atoms with E-state index in [1.807, 2.05) is 20.8 Å². The van der Waals surface area contributed by atoms with Gasteiger partial charge in [0, 0.05) is 44.8 Å². The molecule has 1 saturated heterocycles. The summed E-state index contributed by atoms with van der Waals surface area (Å²) >= 11 is 0. The molecular formula is C29H37N2O4Y-. The number of ether oxygens (including phenoxy) is 1. The third-order valence-corrected chi connectivity index (χ3v) is 6.99. The predicted molar refractivity (Wildman–Crippen MR) is 138 cm³/mol. The number of piperidine rings is 1. The van der Waals surface area contributed by atoms with Gasteiger partial charge in [0.25, 0.3) is 0 Å². The van der Waals surface area contributed by atoms with E-state index in [2.05, 4.69) is 42.3 Å². The second-order valence-electron chi connectivity index (χ2n) is 9.07. The van der Waals surface area contributed by atoms with Gasteiger partial charge in [-0.15, -0.1) is 5.69 Å². The Morgan fingerprint density at radius 3 is 2.50 bits per heavy atom. The van der Waals surface area contributed by atoms with E-state index in [0.29, 0.717) is 37.4 Å². The van der Waals surface area contributed by atoms with E-state index >= 15 is 0 Å². The summed E-state index contributed by atoms with van der Waals surface area (Å²) in [6.07, 6.45) is 1.23. The van der Waals surface area contributed by atoms with Gasteiger partial charge in [-0.2, -0.15) is 0 Å². The van der Waals surface area contributed by atoms with Crippen LogP contribution in [-0.4, -0.2) is 48.8 Å². The molecule has 3 atom stereocenters. The van der Waals surface area contributed by atoms with Crippen molar-refractivity contribution in [3.05, 3.63) is 70.0 Å². The minimum atomic E-state index is -0.751. The zero-order valence-corrected chi connectivity index (χ0v) is 25.0. The summed E-state index contributed by atoms with van der Waals surface area (Å²) in [6, 6.07) is 13.4. The number of likely N-dealkylation sites (tertiary alicyclic amines) is 1. The van der Waals surface area contributed by atoms with Gasteiger partial charge >= 0.3 is 5.97 Å². The zero-order chi connectivity index (χ0) is 25.5. The summed E-state index contributed by atoms with van der Waals surface area (Å²) < 4.78 is 5.41. The number of hydrogen-bond donors (Lipinski definition) is 0. The molecule has 2 aromatic rings. The Labute approximate surface area is 240 Å². The Hall–Kier alpha value is -1.89. The van der Waals surface area contributed by atoms with Crippen LogP contribution in [0.1, 0.15) is 66.6 Å². The molecule has 2 aliphatic heterocycles. The number of carbonyl (C=O) groups is 3. The largest absolute Gasteiger partial charge is 0.626 e. The SMILES string of the molecule is CC.CCOC(=O)[C@H]1CN(CCC2C(=O)[N-]c3ccccc3C2=O)CC[C@H]1c1ccc(C)c(C)c1.[Y]. The normalized spacial score (nSPS) is 21.3. The molecule has 4 rings (SSSR count). The monoisotopic (exact) mass is 566 g/mol. The number of nitrogens with zero attached hydrogens (tertiary/aromatic N) is 2. The van der Waals surface area contributed by atoms with E-state index in [1.54, 1.807) is 24.3 Å². The first-order valence-corrected chi connectivity index (χ1v) is 12.7. The molecule has 2 heterocycles. The Bertz CT molecular complexity index is 1070. The van der Waals surface area contributed by atoms with Gasteiger partial charge in [0.15, 0.2) is 5.78 Å². The van der Waals surface area contributed by atoms with Crippen molar-refractivity contribution in [1.29, 1.82) is 0 Å². The maximum absolute atomic E-state index is 12.9. The number of amides is 1. The molecule has 2 aromatic carbocycles. The van der Waals surface area contributed by atoms with Crippen LogP contribution in [0.5, 0.6) is 0 Å². The van der Waals surface area contributed by atoms with Crippen LogP contribution in [0.15, 0.2) is 42.5 Å². The second-order valence-corrected chi connectivity index (χ2v) is 9.07. The van der Waals surface area contributed by atoms with Crippen LogP contribution in [-0.2, 0) is 47.0 Å². The zero-order valence-electron chi connectivity index (χ0n) is 22.1. The maximum atomic E-state index is 12.9. The van der Waals surface area contributed by atoms with Crippen LogP contribution in [0, 0.1) is 25.7 Å². The standard InChI is InChI=1S/C27H32N2O4.C2H6.Y/c1-4-33-27(32)23-16-29(13-11-20(23)19-10-9-17(2)18(3)15-19)14-12-22-25(30)21-7-5-6-8-24(21)28-26(22)31;1-2;/h5-10,15,20,22-23H,4,11-14,16H2,1-3H3,(H,28,30,31);1-2H3;/p-1/t20-,22?,23-;;/m0../s1. The number of rotatable bonds is 6. The minimum absolute atomic E-state index is 0. The molecule has 1 fully saturated rings. The number of esters is 1. The smallest absolute Gasteiger partial charge is 0.310 e. The molecule has 1 amide bonds. The summed E-state index contributed by atoms with van der Waals surface area (Å²) in [5.74, 6) is -1.63. The van der Waals surface area contributed by atoms with Crippen molar-refractivity contribution in [1.82, 2.24) is 4.90 Å². The molecule has 191 valence electrons. The third-order valence-electron chi connectivity index (χ3n) is 6.99. The molecule has 0 spiro atoms. The molecule has 7 heteroatoms. The van der Waals surface area contributed by atoms with Gasteiger partial charge < -0.3 is 19.7 Å². The van der Waals surface area contributed by atoms with E-state index < -0.39 is 5.92 Å². The molecule has 36 heavy (non-hydrogen) atoms. The molecular weight excluding hydrogens is 529 g/mol. The number of ketones is 1. The fourth-order valence-corrected chi connectivity index (χ4v) is 4.95. The summed E-state index contributed by atoms with van der Waals surface area (Å²) in [4.78, 5) is 40.4. The average Bonchev–Trinajstić information content (AvgIpc) is 2.87. The van der Waals surface area contributed by atoms with Crippen molar-refractivity contribution in [2.75, 3.05) is 26.2 Å². The Morgan fingerprint density at radius 1 is 1.08 bits per heavy atom. The molecule has 1 radical (unpaired) electrons. The van der Waals surface area contributed by atoms with E-state index in [1.165, 1.54) is 16.7 Å². The minimum Gasteiger partial charge on any atom is -0.626 e. The number of carbonyl (C=O) groups excluding carboxylic acids is 3. The van der Waals surface area contributed by atoms with Gasteiger partial charge in [0.2, 0.25) is 0 Å². The van der Waals surface area contributed by atoms with Crippen molar-refractivity contribution < 1.29 is 51.8 Å². The van der Waals surface area contributed by atoms with E-state index in [0.717, 1.165) is 13.0 Å². The Balaban J connectivity index is 0.00000148. The molecule has 0 N–H and O–H groups in total. The molecule has 0 saturated carbocycles. The van der Waals surface area contributed by atoms with Crippen LogP contribution >= 0.6 is 0 Å². The average molecular weight is 567 g/mol. The van der Waals surface area contributed by atoms with Crippen molar-refractivity contribution in [2.24, 2.45) is 11.8 Å². The van der Waals surface area contributed by atoms with Crippen LogP contribution in [0.4, 0.5) is 5.69 Å². The molecule has 6 nitrogen and oxygen atoms in total. The Kier molecular flexibility index (Phi) is 11.9. The number of hydrogen-bond acceptors (Lipinski definition) is 5. The van der Waals surface area contributed by atoms with Crippen molar-refractivity contribution in [3.8, 4) is 0 Å². The van der Waals surface area contributed by atoms with Crippen LogP contribution < -0.4 is 0 Å². The quantitative estimate of drug-likeness (QED) is 0.330. The van der Waals surface area contributed by atoms with E-state index in [4.69, 9.17) is 4.74 Å². The Morgan fingerprint density at radius 2 is 1.81 bits per heavy atom.